The lowest BCUT2D eigenvalue weighted by Gasteiger charge is -2.28. The molecule has 3 rings (SSSR count). The number of aliphatic hydroxyl groups is 1. The first kappa shape index (κ1) is 9.64. The van der Waals surface area contributed by atoms with Gasteiger partial charge in [-0.3, -0.25) is 4.79 Å². The van der Waals surface area contributed by atoms with Crippen LogP contribution in [0.1, 0.15) is 32.6 Å². The molecule has 6 atom stereocenters. The third-order valence-corrected chi connectivity index (χ3v) is 4.73. The minimum absolute atomic E-state index is 0.206. The van der Waals surface area contributed by atoms with Crippen LogP contribution in [-0.4, -0.2) is 23.3 Å². The van der Waals surface area contributed by atoms with Gasteiger partial charge in [-0.05, 0) is 43.4 Å². The fourth-order valence-corrected chi connectivity index (χ4v) is 4.33. The molecule has 6 unspecified atom stereocenters. The molecule has 3 aliphatic rings. The first-order valence-electron chi connectivity index (χ1n) is 6.02. The van der Waals surface area contributed by atoms with Crippen LogP contribution in [0, 0.1) is 23.7 Å². The fraction of sp³-hybridized carbons (Fsp3) is 0.917. The highest BCUT2D eigenvalue weighted by Crippen LogP contribution is 2.59. The van der Waals surface area contributed by atoms with Gasteiger partial charge in [-0.2, -0.15) is 0 Å². The van der Waals surface area contributed by atoms with Gasteiger partial charge in [-0.15, -0.1) is 0 Å². The molecule has 3 heteroatoms. The van der Waals surface area contributed by atoms with E-state index in [0.29, 0.717) is 17.8 Å². The van der Waals surface area contributed by atoms with E-state index >= 15 is 0 Å². The zero-order chi connectivity index (χ0) is 10.6. The molecule has 84 valence electrons. The molecule has 1 N–H and O–H groups in total. The van der Waals surface area contributed by atoms with E-state index in [1.54, 1.807) is 0 Å². The molecule has 0 amide bonds. The summed E-state index contributed by atoms with van der Waals surface area (Å²) in [6.45, 7) is 1.44. The van der Waals surface area contributed by atoms with Gasteiger partial charge in [0.15, 0.2) is 0 Å². The maximum atomic E-state index is 11.0. The van der Waals surface area contributed by atoms with Crippen molar-refractivity contribution in [2.24, 2.45) is 23.7 Å². The molecule has 0 aliphatic heterocycles. The van der Waals surface area contributed by atoms with Gasteiger partial charge >= 0.3 is 5.97 Å². The van der Waals surface area contributed by atoms with Crippen LogP contribution in [0.5, 0.6) is 0 Å². The van der Waals surface area contributed by atoms with Gasteiger partial charge in [0.1, 0.15) is 6.10 Å². The van der Waals surface area contributed by atoms with Crippen molar-refractivity contribution < 1.29 is 14.6 Å². The molecule has 0 heterocycles. The van der Waals surface area contributed by atoms with Crippen LogP contribution in [-0.2, 0) is 9.53 Å². The SMILES string of the molecule is CC(=O)OC1C(O)CC2C3CCC(C3)C21. The lowest BCUT2D eigenvalue weighted by Crippen LogP contribution is -2.34. The average Bonchev–Trinajstić information content (AvgIpc) is 2.79. The quantitative estimate of drug-likeness (QED) is 0.664. The van der Waals surface area contributed by atoms with Crippen molar-refractivity contribution in [3.05, 3.63) is 0 Å². The van der Waals surface area contributed by atoms with Crippen LogP contribution < -0.4 is 0 Å². The summed E-state index contributed by atoms with van der Waals surface area (Å²) in [4.78, 5) is 11.0. The topological polar surface area (TPSA) is 46.5 Å². The average molecular weight is 210 g/mol. The van der Waals surface area contributed by atoms with E-state index in [-0.39, 0.29) is 12.1 Å². The predicted molar refractivity (Wildman–Crippen MR) is 54.0 cm³/mol. The Morgan fingerprint density at radius 3 is 2.73 bits per heavy atom. The second kappa shape index (κ2) is 3.21. The van der Waals surface area contributed by atoms with E-state index in [2.05, 4.69) is 0 Å². The fourth-order valence-electron chi connectivity index (χ4n) is 4.33. The van der Waals surface area contributed by atoms with Gasteiger partial charge in [0.05, 0.1) is 6.10 Å². The van der Waals surface area contributed by atoms with Crippen LogP contribution in [0.25, 0.3) is 0 Å². The van der Waals surface area contributed by atoms with E-state index in [1.807, 2.05) is 0 Å². The Hall–Kier alpha value is -0.570. The molecule has 3 aliphatic carbocycles. The number of hydrogen-bond acceptors (Lipinski definition) is 3. The number of hydrogen-bond donors (Lipinski definition) is 1. The lowest BCUT2D eigenvalue weighted by molar-refractivity contribution is -0.154. The molecule has 0 radical (unpaired) electrons. The highest BCUT2D eigenvalue weighted by atomic mass is 16.6. The number of ether oxygens (including phenoxy) is 1. The Bertz CT molecular complexity index is 289. The Morgan fingerprint density at radius 1 is 1.27 bits per heavy atom. The summed E-state index contributed by atoms with van der Waals surface area (Å²) in [5.41, 5.74) is 0. The molecule has 2 bridgehead atoms. The Morgan fingerprint density at radius 2 is 2.00 bits per heavy atom. The Labute approximate surface area is 89.8 Å². The molecule has 0 saturated heterocycles. The number of esters is 1. The standard InChI is InChI=1S/C12H18O3/c1-6(13)15-12-10(14)5-9-7-2-3-8(4-7)11(9)12/h7-12,14H,2-5H2,1H3. The van der Waals surface area contributed by atoms with E-state index in [1.165, 1.54) is 26.2 Å². The predicted octanol–water partition coefficient (Wildman–Crippen LogP) is 1.34. The zero-order valence-corrected chi connectivity index (χ0v) is 9.06. The highest BCUT2D eigenvalue weighted by molar-refractivity contribution is 5.66. The van der Waals surface area contributed by atoms with Crippen molar-refractivity contribution in [2.45, 2.75) is 44.8 Å². The first-order chi connectivity index (χ1) is 7.16. The summed E-state index contributed by atoms with van der Waals surface area (Å²) < 4.78 is 5.30. The van der Waals surface area contributed by atoms with E-state index in [9.17, 15) is 9.90 Å². The maximum Gasteiger partial charge on any atom is 0.303 e. The minimum Gasteiger partial charge on any atom is -0.459 e. The second-order valence-electron chi connectivity index (χ2n) is 5.45. The van der Waals surface area contributed by atoms with Crippen molar-refractivity contribution in [1.29, 1.82) is 0 Å². The summed E-state index contributed by atoms with van der Waals surface area (Å²) in [7, 11) is 0. The molecule has 3 nitrogen and oxygen atoms in total. The summed E-state index contributed by atoms with van der Waals surface area (Å²) in [6, 6.07) is 0. The molecule has 0 aromatic carbocycles. The summed E-state index contributed by atoms with van der Waals surface area (Å²) in [5, 5.41) is 9.93. The Balaban J connectivity index is 1.81. The largest absolute Gasteiger partial charge is 0.459 e. The number of carbonyl (C=O) groups is 1. The Kier molecular flexibility index (Phi) is 2.06. The van der Waals surface area contributed by atoms with Crippen LogP contribution >= 0.6 is 0 Å². The van der Waals surface area contributed by atoms with Crippen molar-refractivity contribution in [3.63, 3.8) is 0 Å². The summed E-state index contributed by atoms with van der Waals surface area (Å²) in [5.74, 6) is 2.35. The van der Waals surface area contributed by atoms with Gasteiger partial charge in [0, 0.05) is 12.8 Å². The van der Waals surface area contributed by atoms with Gasteiger partial charge in [-0.1, -0.05) is 0 Å². The molecule has 3 fully saturated rings. The third kappa shape index (κ3) is 1.32. The van der Waals surface area contributed by atoms with Gasteiger partial charge in [-0.25, -0.2) is 0 Å². The molecular weight excluding hydrogens is 192 g/mol. The highest BCUT2D eigenvalue weighted by Gasteiger charge is 2.57. The number of carbonyl (C=O) groups excluding carboxylic acids is 1. The van der Waals surface area contributed by atoms with Crippen LogP contribution in [0.15, 0.2) is 0 Å². The van der Waals surface area contributed by atoms with E-state index in [4.69, 9.17) is 4.74 Å². The van der Waals surface area contributed by atoms with Crippen molar-refractivity contribution in [3.8, 4) is 0 Å². The molecule has 0 aromatic heterocycles. The number of fused-ring (bicyclic) bond motifs is 5. The summed E-state index contributed by atoms with van der Waals surface area (Å²) in [6.07, 6.45) is 4.14. The van der Waals surface area contributed by atoms with Crippen molar-refractivity contribution in [2.75, 3.05) is 0 Å². The monoisotopic (exact) mass is 210 g/mol. The van der Waals surface area contributed by atoms with E-state index in [0.717, 1.165) is 12.3 Å². The smallest absolute Gasteiger partial charge is 0.303 e. The van der Waals surface area contributed by atoms with Crippen molar-refractivity contribution in [1.82, 2.24) is 0 Å². The molecule has 0 aromatic rings. The third-order valence-electron chi connectivity index (χ3n) is 4.73. The van der Waals surface area contributed by atoms with Crippen molar-refractivity contribution >= 4 is 5.97 Å². The van der Waals surface area contributed by atoms with Crippen LogP contribution in [0.2, 0.25) is 0 Å². The molecule has 15 heavy (non-hydrogen) atoms. The minimum atomic E-state index is -0.410. The van der Waals surface area contributed by atoms with Gasteiger partial charge in [0.25, 0.3) is 0 Å². The number of aliphatic hydroxyl groups excluding tert-OH is 1. The second-order valence-corrected chi connectivity index (χ2v) is 5.45. The van der Waals surface area contributed by atoms with Gasteiger partial charge in [0.2, 0.25) is 0 Å². The normalized spacial score (nSPS) is 51.9. The maximum absolute atomic E-state index is 11.0. The van der Waals surface area contributed by atoms with Gasteiger partial charge < -0.3 is 9.84 Å². The molecular formula is C12H18O3. The number of rotatable bonds is 1. The molecule has 0 spiro atoms. The van der Waals surface area contributed by atoms with E-state index < -0.39 is 6.10 Å². The molecule has 3 saturated carbocycles. The summed E-state index contributed by atoms with van der Waals surface area (Å²) >= 11 is 0. The van der Waals surface area contributed by atoms with Crippen LogP contribution in [0.4, 0.5) is 0 Å². The zero-order valence-electron chi connectivity index (χ0n) is 9.06. The lowest BCUT2D eigenvalue weighted by atomic mass is 9.81. The van der Waals surface area contributed by atoms with Crippen LogP contribution in [0.3, 0.4) is 0 Å². The first-order valence-corrected chi connectivity index (χ1v) is 6.02.